The van der Waals surface area contributed by atoms with Gasteiger partial charge in [-0.25, -0.2) is 4.68 Å². The van der Waals surface area contributed by atoms with Crippen molar-refractivity contribution in [2.24, 2.45) is 0 Å². The number of carbonyl (C=O) groups is 1. The molecule has 0 bridgehead atoms. The number of amides is 1. The molecule has 3 rings (SSSR count). The molecule has 0 radical (unpaired) electrons. The molecule has 0 aliphatic heterocycles. The molecule has 0 fully saturated rings. The zero-order valence-corrected chi connectivity index (χ0v) is 14.1. The number of rotatable bonds is 4. The highest BCUT2D eigenvalue weighted by atomic mass is 35.5. The van der Waals surface area contributed by atoms with E-state index in [-0.39, 0.29) is 12.3 Å². The lowest BCUT2D eigenvalue weighted by atomic mass is 10.1. The Labute approximate surface area is 144 Å². The van der Waals surface area contributed by atoms with Gasteiger partial charge in [-0.2, -0.15) is 0 Å². The first-order chi connectivity index (χ1) is 11.5. The molecule has 0 saturated heterocycles. The number of carbonyl (C=O) groups excluding carboxylic acids is 1. The minimum atomic E-state index is -0.0707. The van der Waals surface area contributed by atoms with E-state index in [1.165, 1.54) is 6.33 Å². The zero-order valence-electron chi connectivity index (χ0n) is 13.3. The fourth-order valence-corrected chi connectivity index (χ4v) is 2.85. The molecule has 0 atom stereocenters. The van der Waals surface area contributed by atoms with Crippen molar-refractivity contribution >= 4 is 23.2 Å². The molecule has 0 spiro atoms. The van der Waals surface area contributed by atoms with Crippen LogP contribution in [0.3, 0.4) is 0 Å². The van der Waals surface area contributed by atoms with Crippen LogP contribution in [0.2, 0.25) is 5.02 Å². The lowest BCUT2D eigenvalue weighted by Crippen LogP contribution is -2.16. The fraction of sp³-hybridized carbons (Fsp3) is 0.176. The number of aromatic nitrogens is 4. The van der Waals surface area contributed by atoms with E-state index in [0.29, 0.717) is 5.02 Å². The Balaban J connectivity index is 1.69. The largest absolute Gasteiger partial charge is 0.325 e. The lowest BCUT2D eigenvalue weighted by molar-refractivity contribution is -0.115. The highest BCUT2D eigenvalue weighted by molar-refractivity contribution is 6.30. The number of nitrogens with zero attached hydrogens (tertiary/aromatic N) is 4. The first-order valence-electron chi connectivity index (χ1n) is 7.42. The molecule has 1 aromatic heterocycles. The molecule has 1 heterocycles. The van der Waals surface area contributed by atoms with Gasteiger partial charge in [0.25, 0.3) is 0 Å². The molecule has 0 aliphatic rings. The van der Waals surface area contributed by atoms with Crippen molar-refractivity contribution in [3.05, 3.63) is 64.4 Å². The van der Waals surface area contributed by atoms with E-state index < -0.39 is 0 Å². The standard InChI is InChI=1S/C17H16ClN5O/c1-11-7-14(18)8-12(2)17(11)20-16(24)9-13-3-5-15(6-4-13)23-10-19-21-22-23/h3-8,10H,9H2,1-2H3,(H,20,24). The molecule has 1 N–H and O–H groups in total. The minimum absolute atomic E-state index is 0.0707. The molecule has 0 saturated carbocycles. The summed E-state index contributed by atoms with van der Waals surface area (Å²) in [7, 11) is 0. The minimum Gasteiger partial charge on any atom is -0.325 e. The predicted octanol–water partition coefficient (Wildman–Crippen LogP) is 3.11. The maximum atomic E-state index is 12.3. The average molecular weight is 342 g/mol. The van der Waals surface area contributed by atoms with E-state index in [9.17, 15) is 4.79 Å². The zero-order chi connectivity index (χ0) is 17.1. The smallest absolute Gasteiger partial charge is 0.228 e. The van der Waals surface area contributed by atoms with Gasteiger partial charge in [0.05, 0.1) is 12.1 Å². The summed E-state index contributed by atoms with van der Waals surface area (Å²) >= 11 is 6.02. The van der Waals surface area contributed by atoms with E-state index >= 15 is 0 Å². The first-order valence-corrected chi connectivity index (χ1v) is 7.79. The van der Waals surface area contributed by atoms with E-state index in [4.69, 9.17) is 11.6 Å². The molecule has 7 heteroatoms. The number of tetrazole rings is 1. The van der Waals surface area contributed by atoms with Crippen molar-refractivity contribution in [1.29, 1.82) is 0 Å². The molecule has 24 heavy (non-hydrogen) atoms. The summed E-state index contributed by atoms with van der Waals surface area (Å²) in [5.41, 5.74) is 4.46. The van der Waals surface area contributed by atoms with Crippen LogP contribution < -0.4 is 5.32 Å². The number of hydrogen-bond acceptors (Lipinski definition) is 4. The molecule has 122 valence electrons. The van der Waals surface area contributed by atoms with Crippen molar-refractivity contribution in [2.75, 3.05) is 5.32 Å². The van der Waals surface area contributed by atoms with Gasteiger partial charge in [0.1, 0.15) is 6.33 Å². The second kappa shape index (κ2) is 6.80. The summed E-state index contributed by atoms with van der Waals surface area (Å²) in [5, 5.41) is 14.6. The van der Waals surface area contributed by atoms with Gasteiger partial charge in [-0.1, -0.05) is 23.7 Å². The van der Waals surface area contributed by atoms with Gasteiger partial charge in [-0.3, -0.25) is 4.79 Å². The molecule has 2 aromatic carbocycles. The molecular weight excluding hydrogens is 326 g/mol. The summed E-state index contributed by atoms with van der Waals surface area (Å²) < 4.78 is 1.56. The van der Waals surface area contributed by atoms with Crippen LogP contribution in [0.1, 0.15) is 16.7 Å². The van der Waals surface area contributed by atoms with E-state index in [1.807, 2.05) is 50.2 Å². The third kappa shape index (κ3) is 3.60. The van der Waals surface area contributed by atoms with Crippen LogP contribution >= 0.6 is 11.6 Å². The molecule has 0 unspecified atom stereocenters. The average Bonchev–Trinajstić information content (AvgIpc) is 3.06. The number of hydrogen-bond donors (Lipinski definition) is 1. The summed E-state index contributed by atoms with van der Waals surface area (Å²) in [5.74, 6) is -0.0707. The van der Waals surface area contributed by atoms with Crippen molar-refractivity contribution in [1.82, 2.24) is 20.2 Å². The van der Waals surface area contributed by atoms with Crippen LogP contribution in [0.25, 0.3) is 5.69 Å². The topological polar surface area (TPSA) is 72.7 Å². The van der Waals surface area contributed by atoms with Crippen molar-refractivity contribution in [2.45, 2.75) is 20.3 Å². The van der Waals surface area contributed by atoms with Crippen LogP contribution in [0.15, 0.2) is 42.7 Å². The Hall–Kier alpha value is -2.73. The SMILES string of the molecule is Cc1cc(Cl)cc(C)c1NC(=O)Cc1ccc(-n2cnnn2)cc1. The van der Waals surface area contributed by atoms with Gasteiger partial charge >= 0.3 is 0 Å². The second-order valence-corrected chi connectivity index (χ2v) is 6.00. The number of anilines is 1. The normalized spacial score (nSPS) is 10.6. The van der Waals surface area contributed by atoms with E-state index in [1.54, 1.807) is 4.68 Å². The Morgan fingerprint density at radius 1 is 1.17 bits per heavy atom. The summed E-state index contributed by atoms with van der Waals surface area (Å²) in [4.78, 5) is 12.3. The molecular formula is C17H16ClN5O. The third-order valence-electron chi connectivity index (χ3n) is 3.68. The van der Waals surface area contributed by atoms with Crippen LogP contribution in [0.4, 0.5) is 5.69 Å². The van der Waals surface area contributed by atoms with Crippen LogP contribution in [0, 0.1) is 13.8 Å². The Kier molecular flexibility index (Phi) is 4.57. The summed E-state index contributed by atoms with van der Waals surface area (Å²) in [6, 6.07) is 11.2. The molecule has 1 amide bonds. The third-order valence-corrected chi connectivity index (χ3v) is 3.89. The maximum Gasteiger partial charge on any atom is 0.228 e. The van der Waals surface area contributed by atoms with Crippen molar-refractivity contribution in [3.8, 4) is 5.69 Å². The van der Waals surface area contributed by atoms with Crippen LogP contribution in [0.5, 0.6) is 0 Å². The van der Waals surface area contributed by atoms with Gasteiger partial charge in [0.2, 0.25) is 5.91 Å². The predicted molar refractivity (Wildman–Crippen MR) is 92.4 cm³/mol. The van der Waals surface area contributed by atoms with Crippen molar-refractivity contribution in [3.63, 3.8) is 0 Å². The maximum absolute atomic E-state index is 12.3. The summed E-state index contributed by atoms with van der Waals surface area (Å²) in [6.45, 7) is 3.85. The van der Waals surface area contributed by atoms with Crippen molar-refractivity contribution < 1.29 is 4.79 Å². The highest BCUT2D eigenvalue weighted by Crippen LogP contribution is 2.25. The van der Waals surface area contributed by atoms with Gasteiger partial charge in [-0.05, 0) is 65.2 Å². The Bertz CT molecular complexity index is 836. The monoisotopic (exact) mass is 341 g/mol. The number of aryl methyl sites for hydroxylation is 2. The second-order valence-electron chi connectivity index (χ2n) is 5.56. The quantitative estimate of drug-likeness (QED) is 0.791. The highest BCUT2D eigenvalue weighted by Gasteiger charge is 2.10. The van der Waals surface area contributed by atoms with E-state index in [2.05, 4.69) is 20.8 Å². The summed E-state index contributed by atoms with van der Waals surface area (Å²) in [6.07, 6.45) is 1.81. The molecule has 6 nitrogen and oxygen atoms in total. The van der Waals surface area contributed by atoms with Crippen LogP contribution in [-0.2, 0) is 11.2 Å². The number of benzene rings is 2. The first kappa shape index (κ1) is 16.1. The van der Waals surface area contributed by atoms with Gasteiger partial charge in [0, 0.05) is 10.7 Å². The lowest BCUT2D eigenvalue weighted by Gasteiger charge is -2.12. The molecule has 0 aliphatic carbocycles. The Morgan fingerprint density at radius 2 is 1.83 bits per heavy atom. The molecule has 3 aromatic rings. The fourth-order valence-electron chi connectivity index (χ4n) is 2.52. The Morgan fingerprint density at radius 3 is 2.42 bits per heavy atom. The van der Waals surface area contributed by atoms with Gasteiger partial charge in [0.15, 0.2) is 0 Å². The van der Waals surface area contributed by atoms with Crippen LogP contribution in [-0.4, -0.2) is 26.1 Å². The van der Waals surface area contributed by atoms with Gasteiger partial charge < -0.3 is 5.32 Å². The van der Waals surface area contributed by atoms with E-state index in [0.717, 1.165) is 28.1 Å². The van der Waals surface area contributed by atoms with Gasteiger partial charge in [-0.15, -0.1) is 5.10 Å². The number of nitrogens with one attached hydrogen (secondary N) is 1. The number of halogens is 1.